The molecule has 0 unspecified atom stereocenters. The van der Waals surface area contributed by atoms with Gasteiger partial charge in [-0.15, -0.1) is 0 Å². The molecule has 86 valence electrons. The highest BCUT2D eigenvalue weighted by molar-refractivity contribution is 6.29. The molecule has 0 bridgehead atoms. The number of halogens is 1. The second-order valence-electron chi connectivity index (χ2n) is 3.46. The molecule has 0 saturated heterocycles. The minimum absolute atomic E-state index is 0.195. The lowest BCUT2D eigenvalue weighted by Gasteiger charge is -2.07. The first-order chi connectivity index (χ1) is 8.16. The molecule has 0 aromatic carbocycles. The van der Waals surface area contributed by atoms with Crippen LogP contribution in [-0.4, -0.2) is 15.9 Å². The minimum Gasteiger partial charge on any atom is -0.320 e. The van der Waals surface area contributed by atoms with Crippen molar-refractivity contribution in [3.8, 4) is 0 Å². The molecule has 5 heteroatoms. The molecule has 17 heavy (non-hydrogen) atoms. The van der Waals surface area contributed by atoms with Crippen LogP contribution in [0.2, 0.25) is 5.15 Å². The number of rotatable bonds is 2. The molecule has 0 aliphatic heterocycles. The van der Waals surface area contributed by atoms with Gasteiger partial charge in [0.15, 0.2) is 0 Å². The monoisotopic (exact) mass is 247 g/mol. The van der Waals surface area contributed by atoms with Crippen LogP contribution in [0.15, 0.2) is 36.7 Å². The summed E-state index contributed by atoms with van der Waals surface area (Å²) in [6, 6.07) is 6.66. The van der Waals surface area contributed by atoms with Crippen LogP contribution in [0.3, 0.4) is 0 Å². The normalized spacial score (nSPS) is 10.0. The molecule has 1 amide bonds. The van der Waals surface area contributed by atoms with Crippen LogP contribution in [0.4, 0.5) is 5.69 Å². The van der Waals surface area contributed by atoms with Gasteiger partial charge in [-0.1, -0.05) is 11.6 Å². The van der Waals surface area contributed by atoms with E-state index in [2.05, 4.69) is 15.3 Å². The van der Waals surface area contributed by atoms with Crippen molar-refractivity contribution in [2.45, 2.75) is 6.92 Å². The topological polar surface area (TPSA) is 54.9 Å². The molecule has 0 atom stereocenters. The zero-order valence-electron chi connectivity index (χ0n) is 9.14. The number of carbonyl (C=O) groups is 1. The molecule has 2 aromatic heterocycles. The molecule has 2 heterocycles. The number of aromatic nitrogens is 2. The van der Waals surface area contributed by atoms with Crippen molar-refractivity contribution in [3.05, 3.63) is 53.1 Å². The number of pyridine rings is 2. The number of hydrogen-bond acceptors (Lipinski definition) is 3. The quantitative estimate of drug-likeness (QED) is 0.830. The first-order valence-electron chi connectivity index (χ1n) is 5.01. The van der Waals surface area contributed by atoms with Crippen molar-refractivity contribution in [2.24, 2.45) is 0 Å². The standard InChI is InChI=1S/C12H10ClN3O/c1-8-10(2-3-11(13)15-8)16-12(17)9-4-6-14-7-5-9/h2-7H,1H3,(H,16,17). The molecule has 0 spiro atoms. The van der Waals surface area contributed by atoms with E-state index in [1.54, 1.807) is 43.6 Å². The van der Waals surface area contributed by atoms with Crippen molar-refractivity contribution >= 4 is 23.2 Å². The number of nitrogens with one attached hydrogen (secondary N) is 1. The lowest BCUT2D eigenvalue weighted by Crippen LogP contribution is -2.13. The van der Waals surface area contributed by atoms with E-state index in [0.29, 0.717) is 22.1 Å². The summed E-state index contributed by atoms with van der Waals surface area (Å²) in [7, 11) is 0. The summed E-state index contributed by atoms with van der Waals surface area (Å²) in [6.45, 7) is 1.79. The second-order valence-corrected chi connectivity index (χ2v) is 3.84. The summed E-state index contributed by atoms with van der Waals surface area (Å²) in [4.78, 5) is 19.8. The van der Waals surface area contributed by atoms with Gasteiger partial charge in [0.05, 0.1) is 11.4 Å². The highest BCUT2D eigenvalue weighted by Gasteiger charge is 2.07. The molecule has 1 N–H and O–H groups in total. The third-order valence-corrected chi connectivity index (χ3v) is 2.45. The Balaban J connectivity index is 2.19. The van der Waals surface area contributed by atoms with Gasteiger partial charge in [-0.25, -0.2) is 4.98 Å². The predicted molar refractivity (Wildman–Crippen MR) is 66.2 cm³/mol. The Hall–Kier alpha value is -1.94. The van der Waals surface area contributed by atoms with Gasteiger partial charge in [-0.3, -0.25) is 9.78 Å². The Morgan fingerprint density at radius 3 is 2.59 bits per heavy atom. The van der Waals surface area contributed by atoms with Gasteiger partial charge in [0.2, 0.25) is 0 Å². The molecular weight excluding hydrogens is 238 g/mol. The average Bonchev–Trinajstić information content (AvgIpc) is 2.34. The lowest BCUT2D eigenvalue weighted by atomic mass is 10.2. The maximum Gasteiger partial charge on any atom is 0.255 e. The van der Waals surface area contributed by atoms with Crippen LogP contribution in [0, 0.1) is 6.92 Å². The van der Waals surface area contributed by atoms with Gasteiger partial charge in [0, 0.05) is 18.0 Å². The number of hydrogen-bond donors (Lipinski definition) is 1. The molecule has 0 aliphatic carbocycles. The third-order valence-electron chi connectivity index (χ3n) is 2.24. The maximum absolute atomic E-state index is 11.9. The second kappa shape index (κ2) is 4.93. The Kier molecular flexibility index (Phi) is 3.35. The van der Waals surface area contributed by atoms with Crippen LogP contribution in [-0.2, 0) is 0 Å². The summed E-state index contributed by atoms with van der Waals surface area (Å²) in [5, 5.41) is 3.17. The molecule has 2 aromatic rings. The molecule has 2 rings (SSSR count). The SMILES string of the molecule is Cc1nc(Cl)ccc1NC(=O)c1ccncc1. The third kappa shape index (κ3) is 2.79. The van der Waals surface area contributed by atoms with E-state index in [1.165, 1.54) is 0 Å². The minimum atomic E-state index is -0.195. The molecular formula is C12H10ClN3O. The van der Waals surface area contributed by atoms with E-state index in [0.717, 1.165) is 0 Å². The van der Waals surface area contributed by atoms with Crippen LogP contribution in [0.25, 0.3) is 0 Å². The number of aryl methyl sites for hydroxylation is 1. The van der Waals surface area contributed by atoms with Crippen LogP contribution >= 0.6 is 11.6 Å². The molecule has 0 fully saturated rings. The molecule has 4 nitrogen and oxygen atoms in total. The maximum atomic E-state index is 11.9. The van der Waals surface area contributed by atoms with Crippen molar-refractivity contribution in [3.63, 3.8) is 0 Å². The Morgan fingerprint density at radius 1 is 1.24 bits per heavy atom. The highest BCUT2D eigenvalue weighted by Crippen LogP contribution is 2.16. The summed E-state index contributed by atoms with van der Waals surface area (Å²) < 4.78 is 0. The number of nitrogens with zero attached hydrogens (tertiary/aromatic N) is 2. The van der Waals surface area contributed by atoms with Gasteiger partial charge in [-0.05, 0) is 31.2 Å². The predicted octanol–water partition coefficient (Wildman–Crippen LogP) is 2.69. The van der Waals surface area contributed by atoms with E-state index in [4.69, 9.17) is 11.6 Å². The van der Waals surface area contributed by atoms with E-state index in [1.807, 2.05) is 0 Å². The van der Waals surface area contributed by atoms with Gasteiger partial charge >= 0.3 is 0 Å². The molecule has 0 radical (unpaired) electrons. The number of amides is 1. The van der Waals surface area contributed by atoms with Crippen molar-refractivity contribution in [1.82, 2.24) is 9.97 Å². The summed E-state index contributed by atoms with van der Waals surface area (Å²) in [5.41, 5.74) is 1.88. The first-order valence-corrected chi connectivity index (χ1v) is 5.39. The Bertz CT molecular complexity index is 543. The van der Waals surface area contributed by atoms with E-state index < -0.39 is 0 Å². The van der Waals surface area contributed by atoms with Gasteiger partial charge in [0.25, 0.3) is 5.91 Å². The first kappa shape index (κ1) is 11.5. The smallest absolute Gasteiger partial charge is 0.255 e. The number of carbonyl (C=O) groups excluding carboxylic acids is 1. The van der Waals surface area contributed by atoms with Crippen LogP contribution < -0.4 is 5.32 Å². The van der Waals surface area contributed by atoms with E-state index >= 15 is 0 Å². The Labute approximate surface area is 104 Å². The summed E-state index contributed by atoms with van der Waals surface area (Å²) in [6.07, 6.45) is 3.14. The Morgan fingerprint density at radius 2 is 1.94 bits per heavy atom. The van der Waals surface area contributed by atoms with Gasteiger partial charge in [-0.2, -0.15) is 0 Å². The van der Waals surface area contributed by atoms with Crippen molar-refractivity contribution in [2.75, 3.05) is 5.32 Å². The van der Waals surface area contributed by atoms with Gasteiger partial charge < -0.3 is 5.32 Å². The zero-order chi connectivity index (χ0) is 12.3. The fourth-order valence-corrected chi connectivity index (χ4v) is 1.55. The number of anilines is 1. The molecule has 0 aliphatic rings. The zero-order valence-corrected chi connectivity index (χ0v) is 9.90. The van der Waals surface area contributed by atoms with Crippen molar-refractivity contribution in [1.29, 1.82) is 0 Å². The largest absolute Gasteiger partial charge is 0.320 e. The van der Waals surface area contributed by atoms with Crippen LogP contribution in [0.5, 0.6) is 0 Å². The summed E-state index contributed by atoms with van der Waals surface area (Å²) in [5.74, 6) is -0.195. The van der Waals surface area contributed by atoms with Gasteiger partial charge in [0.1, 0.15) is 5.15 Å². The summed E-state index contributed by atoms with van der Waals surface area (Å²) >= 11 is 5.74. The highest BCUT2D eigenvalue weighted by atomic mass is 35.5. The fourth-order valence-electron chi connectivity index (χ4n) is 1.36. The fraction of sp³-hybridized carbons (Fsp3) is 0.0833. The average molecular weight is 248 g/mol. The molecule has 0 saturated carbocycles. The lowest BCUT2D eigenvalue weighted by molar-refractivity contribution is 0.102. The van der Waals surface area contributed by atoms with E-state index in [-0.39, 0.29) is 5.91 Å². The van der Waals surface area contributed by atoms with Crippen LogP contribution in [0.1, 0.15) is 16.1 Å². The van der Waals surface area contributed by atoms with Crippen molar-refractivity contribution < 1.29 is 4.79 Å². The van der Waals surface area contributed by atoms with E-state index in [9.17, 15) is 4.79 Å².